The molecule has 2 aliphatic rings. The molecule has 126 valence electrons. The van der Waals surface area contributed by atoms with Crippen molar-refractivity contribution in [2.75, 3.05) is 11.9 Å². The minimum atomic E-state index is -0.481. The third-order valence-corrected chi connectivity index (χ3v) is 4.74. The first-order chi connectivity index (χ1) is 10.7. The standard InChI is InChI=1S/C19H28N2O2/c1-18(2,3)23-17(22)20-14-6-9-16-13(12-14)10-11-21(15-7-8-15)19(16,4)5/h6,9,12,15H,7-8,10-11H2,1-5H3,(H,20,22). The first-order valence-corrected chi connectivity index (χ1v) is 8.57. The van der Waals surface area contributed by atoms with Gasteiger partial charge in [0.2, 0.25) is 0 Å². The molecule has 1 fully saturated rings. The van der Waals surface area contributed by atoms with Crippen LogP contribution in [0.3, 0.4) is 0 Å². The van der Waals surface area contributed by atoms with Crippen molar-refractivity contribution >= 4 is 11.8 Å². The van der Waals surface area contributed by atoms with E-state index in [9.17, 15) is 4.79 Å². The van der Waals surface area contributed by atoms with Crippen LogP contribution >= 0.6 is 0 Å². The normalized spacial score (nSPS) is 20.7. The molecule has 4 heteroatoms. The van der Waals surface area contributed by atoms with Crippen molar-refractivity contribution in [3.8, 4) is 0 Å². The quantitative estimate of drug-likeness (QED) is 0.885. The van der Waals surface area contributed by atoms with Crippen LogP contribution < -0.4 is 5.32 Å². The molecule has 3 rings (SSSR count). The number of carbonyl (C=O) groups excluding carboxylic acids is 1. The van der Waals surface area contributed by atoms with E-state index in [1.807, 2.05) is 26.8 Å². The summed E-state index contributed by atoms with van der Waals surface area (Å²) >= 11 is 0. The highest BCUT2D eigenvalue weighted by Gasteiger charge is 2.42. The Morgan fingerprint density at radius 1 is 1.30 bits per heavy atom. The van der Waals surface area contributed by atoms with Crippen LogP contribution in [-0.2, 0) is 16.7 Å². The average molecular weight is 316 g/mol. The largest absolute Gasteiger partial charge is 0.444 e. The predicted octanol–water partition coefficient (Wildman–Crippen LogP) is 4.29. The summed E-state index contributed by atoms with van der Waals surface area (Å²) in [5.41, 5.74) is 3.11. The molecule has 0 aromatic heterocycles. The van der Waals surface area contributed by atoms with Crippen LogP contribution in [0.5, 0.6) is 0 Å². The molecule has 0 saturated heterocycles. The third-order valence-electron chi connectivity index (χ3n) is 4.74. The Bertz CT molecular complexity index is 612. The highest BCUT2D eigenvalue weighted by molar-refractivity contribution is 5.85. The number of hydrogen-bond donors (Lipinski definition) is 1. The highest BCUT2D eigenvalue weighted by atomic mass is 16.6. The summed E-state index contributed by atoms with van der Waals surface area (Å²) in [7, 11) is 0. The van der Waals surface area contributed by atoms with Gasteiger partial charge in [-0.3, -0.25) is 10.2 Å². The summed E-state index contributed by atoms with van der Waals surface area (Å²) in [6.45, 7) is 11.3. The molecule has 4 nitrogen and oxygen atoms in total. The fourth-order valence-corrected chi connectivity index (χ4v) is 3.60. The van der Waals surface area contributed by atoms with Gasteiger partial charge in [-0.15, -0.1) is 0 Å². The van der Waals surface area contributed by atoms with Crippen molar-refractivity contribution in [2.45, 2.75) is 71.1 Å². The lowest BCUT2D eigenvalue weighted by atomic mass is 9.83. The third kappa shape index (κ3) is 3.52. The first-order valence-electron chi connectivity index (χ1n) is 8.57. The minimum Gasteiger partial charge on any atom is -0.444 e. The van der Waals surface area contributed by atoms with Crippen molar-refractivity contribution in [3.63, 3.8) is 0 Å². The van der Waals surface area contributed by atoms with Crippen molar-refractivity contribution in [1.82, 2.24) is 4.90 Å². The molecule has 1 N–H and O–H groups in total. The van der Waals surface area contributed by atoms with Gasteiger partial charge in [-0.2, -0.15) is 0 Å². The Morgan fingerprint density at radius 3 is 2.61 bits per heavy atom. The van der Waals surface area contributed by atoms with Gasteiger partial charge in [0.05, 0.1) is 0 Å². The fraction of sp³-hybridized carbons (Fsp3) is 0.632. The van der Waals surface area contributed by atoms with E-state index in [1.165, 1.54) is 24.0 Å². The number of nitrogens with one attached hydrogen (secondary N) is 1. The molecule has 1 saturated carbocycles. The van der Waals surface area contributed by atoms with E-state index in [-0.39, 0.29) is 5.54 Å². The van der Waals surface area contributed by atoms with Gasteiger partial charge in [-0.25, -0.2) is 4.79 Å². The summed E-state index contributed by atoms with van der Waals surface area (Å²) in [6.07, 6.45) is 3.31. The van der Waals surface area contributed by atoms with Gasteiger partial charge in [0.1, 0.15) is 5.60 Å². The summed E-state index contributed by atoms with van der Waals surface area (Å²) in [6, 6.07) is 7.01. The second-order valence-electron chi connectivity index (χ2n) is 8.23. The van der Waals surface area contributed by atoms with Gasteiger partial charge < -0.3 is 4.74 Å². The van der Waals surface area contributed by atoms with E-state index < -0.39 is 11.7 Å². The molecule has 1 aromatic carbocycles. The van der Waals surface area contributed by atoms with Gasteiger partial charge >= 0.3 is 6.09 Å². The van der Waals surface area contributed by atoms with E-state index >= 15 is 0 Å². The van der Waals surface area contributed by atoms with Crippen molar-refractivity contribution < 1.29 is 9.53 Å². The van der Waals surface area contributed by atoms with Crippen molar-refractivity contribution in [1.29, 1.82) is 0 Å². The number of benzene rings is 1. The Balaban J connectivity index is 1.77. The van der Waals surface area contributed by atoms with Gasteiger partial charge in [0, 0.05) is 23.8 Å². The van der Waals surface area contributed by atoms with Crippen LogP contribution in [0.2, 0.25) is 0 Å². The van der Waals surface area contributed by atoms with E-state index in [0.29, 0.717) is 0 Å². The van der Waals surface area contributed by atoms with Gasteiger partial charge in [-0.05, 0) is 77.1 Å². The van der Waals surface area contributed by atoms with Crippen LogP contribution in [0.25, 0.3) is 0 Å². The van der Waals surface area contributed by atoms with E-state index in [1.54, 1.807) is 0 Å². The first kappa shape index (κ1) is 16.3. The number of nitrogens with zero attached hydrogens (tertiary/aromatic N) is 1. The summed E-state index contributed by atoms with van der Waals surface area (Å²) in [5, 5.41) is 2.85. The zero-order chi connectivity index (χ0) is 16.8. The minimum absolute atomic E-state index is 0.0686. The second-order valence-corrected chi connectivity index (χ2v) is 8.23. The molecule has 1 heterocycles. The molecule has 1 amide bonds. The number of rotatable bonds is 2. The molecule has 0 atom stereocenters. The van der Waals surface area contributed by atoms with Gasteiger partial charge in [0.15, 0.2) is 0 Å². The monoisotopic (exact) mass is 316 g/mol. The molecule has 23 heavy (non-hydrogen) atoms. The maximum absolute atomic E-state index is 11.9. The van der Waals surface area contributed by atoms with Crippen molar-refractivity contribution in [3.05, 3.63) is 29.3 Å². The second kappa shape index (κ2) is 5.52. The maximum atomic E-state index is 11.9. The fourth-order valence-electron chi connectivity index (χ4n) is 3.60. The zero-order valence-corrected chi connectivity index (χ0v) is 14.9. The van der Waals surface area contributed by atoms with Gasteiger partial charge in [-0.1, -0.05) is 6.07 Å². The molecule has 0 radical (unpaired) electrons. The summed E-state index contributed by atoms with van der Waals surface area (Å²) in [4.78, 5) is 14.6. The molecule has 0 spiro atoms. The molecule has 1 aliphatic heterocycles. The SMILES string of the molecule is CC(C)(C)OC(=O)Nc1ccc2c(c1)CCN(C1CC1)C2(C)C. The molecule has 1 aliphatic carbocycles. The van der Waals surface area contributed by atoms with Crippen LogP contribution in [0.15, 0.2) is 18.2 Å². The molecule has 0 bridgehead atoms. The number of fused-ring (bicyclic) bond motifs is 1. The Kier molecular flexibility index (Phi) is 3.91. The van der Waals surface area contributed by atoms with Crippen LogP contribution in [0.1, 0.15) is 58.6 Å². The molecule has 1 aromatic rings. The number of carbonyl (C=O) groups is 1. The smallest absolute Gasteiger partial charge is 0.412 e. The lowest BCUT2D eigenvalue weighted by molar-refractivity contribution is 0.0636. The Hall–Kier alpha value is -1.55. The number of anilines is 1. The average Bonchev–Trinajstić information content (AvgIpc) is 3.20. The van der Waals surface area contributed by atoms with E-state index in [4.69, 9.17) is 4.74 Å². The lowest BCUT2D eigenvalue weighted by Crippen LogP contribution is -2.47. The number of ether oxygens (including phenoxy) is 1. The summed E-state index contributed by atoms with van der Waals surface area (Å²) in [5.74, 6) is 0. The Labute approximate surface area is 139 Å². The van der Waals surface area contributed by atoms with E-state index in [2.05, 4.69) is 36.2 Å². The molecule has 0 unspecified atom stereocenters. The lowest BCUT2D eigenvalue weighted by Gasteiger charge is -2.44. The predicted molar refractivity (Wildman–Crippen MR) is 92.8 cm³/mol. The van der Waals surface area contributed by atoms with Crippen LogP contribution in [0, 0.1) is 0 Å². The van der Waals surface area contributed by atoms with Crippen molar-refractivity contribution in [2.24, 2.45) is 0 Å². The number of hydrogen-bond acceptors (Lipinski definition) is 3. The molecular weight excluding hydrogens is 288 g/mol. The maximum Gasteiger partial charge on any atom is 0.412 e. The van der Waals surface area contributed by atoms with E-state index in [0.717, 1.165) is 24.7 Å². The highest BCUT2D eigenvalue weighted by Crippen LogP contribution is 2.42. The van der Waals surface area contributed by atoms with Crippen LogP contribution in [0.4, 0.5) is 10.5 Å². The molecular formula is C19H28N2O2. The van der Waals surface area contributed by atoms with Gasteiger partial charge in [0.25, 0.3) is 0 Å². The van der Waals surface area contributed by atoms with Crippen LogP contribution in [-0.4, -0.2) is 29.2 Å². The Morgan fingerprint density at radius 2 is 2.00 bits per heavy atom. The number of amides is 1. The zero-order valence-electron chi connectivity index (χ0n) is 14.9. The summed E-state index contributed by atoms with van der Waals surface area (Å²) < 4.78 is 5.33. The topological polar surface area (TPSA) is 41.6 Å².